The second-order valence-electron chi connectivity index (χ2n) is 7.02. The van der Waals surface area contributed by atoms with E-state index in [0.29, 0.717) is 18.2 Å². The van der Waals surface area contributed by atoms with E-state index in [9.17, 15) is 4.79 Å². The molecular formula is C23H27ClN2O2. The highest BCUT2D eigenvalue weighted by atomic mass is 35.5. The maximum Gasteiger partial charge on any atom is 0.238 e. The van der Waals surface area contributed by atoms with Crippen molar-refractivity contribution in [3.05, 3.63) is 70.8 Å². The first-order valence-corrected chi connectivity index (χ1v) is 10.2. The molecule has 0 heterocycles. The van der Waals surface area contributed by atoms with Crippen LogP contribution in [0.15, 0.2) is 60.2 Å². The van der Waals surface area contributed by atoms with E-state index in [0.717, 1.165) is 30.0 Å². The topological polar surface area (TPSA) is 50.4 Å². The quantitative estimate of drug-likeness (QED) is 0.443. The number of allylic oxidation sites excluding steroid dienone is 1. The molecule has 0 fully saturated rings. The van der Waals surface area contributed by atoms with Gasteiger partial charge in [-0.3, -0.25) is 4.79 Å². The number of nitrogens with one attached hydrogen (secondary N) is 2. The molecule has 2 aromatic rings. The van der Waals surface area contributed by atoms with Gasteiger partial charge in [-0.15, -0.1) is 0 Å². The summed E-state index contributed by atoms with van der Waals surface area (Å²) in [5, 5.41) is 6.83. The van der Waals surface area contributed by atoms with Crippen molar-refractivity contribution >= 4 is 23.2 Å². The average molecular weight is 399 g/mol. The van der Waals surface area contributed by atoms with Gasteiger partial charge in [0.2, 0.25) is 5.91 Å². The van der Waals surface area contributed by atoms with Gasteiger partial charge in [-0.1, -0.05) is 35.4 Å². The molecule has 0 atom stereocenters. The Labute approximate surface area is 171 Å². The Balaban J connectivity index is 1.35. The minimum absolute atomic E-state index is 0.0348. The van der Waals surface area contributed by atoms with Gasteiger partial charge in [0.1, 0.15) is 12.4 Å². The largest absolute Gasteiger partial charge is 0.489 e. The molecule has 2 N–H and O–H groups in total. The Morgan fingerprint density at radius 2 is 1.82 bits per heavy atom. The van der Waals surface area contributed by atoms with Crippen LogP contribution in [0.5, 0.6) is 5.75 Å². The maximum absolute atomic E-state index is 12.1. The first kappa shape index (κ1) is 20.4. The van der Waals surface area contributed by atoms with E-state index in [1.54, 1.807) is 0 Å². The molecule has 0 aromatic heterocycles. The lowest BCUT2D eigenvalue weighted by Crippen LogP contribution is -2.29. The summed E-state index contributed by atoms with van der Waals surface area (Å²) in [5.74, 6) is 0.722. The first-order chi connectivity index (χ1) is 13.7. The van der Waals surface area contributed by atoms with Crippen LogP contribution in [0.3, 0.4) is 0 Å². The zero-order valence-electron chi connectivity index (χ0n) is 16.0. The minimum atomic E-state index is -0.0348. The molecule has 2 aromatic carbocycles. The van der Waals surface area contributed by atoms with Crippen molar-refractivity contribution in [3.8, 4) is 5.75 Å². The predicted octanol–water partition coefficient (Wildman–Crippen LogP) is 5.34. The van der Waals surface area contributed by atoms with Crippen LogP contribution >= 0.6 is 11.6 Å². The number of ether oxygens (including phenoxy) is 1. The zero-order valence-corrected chi connectivity index (χ0v) is 16.8. The van der Waals surface area contributed by atoms with Gasteiger partial charge >= 0.3 is 0 Å². The second kappa shape index (κ2) is 10.9. The molecule has 28 heavy (non-hydrogen) atoms. The third-order valence-electron chi connectivity index (χ3n) is 4.75. The molecule has 1 aliphatic rings. The number of rotatable bonds is 9. The summed E-state index contributed by atoms with van der Waals surface area (Å²) >= 11 is 5.88. The fourth-order valence-electron chi connectivity index (χ4n) is 3.17. The number of halogens is 1. The van der Waals surface area contributed by atoms with E-state index in [1.807, 2.05) is 48.5 Å². The third-order valence-corrected chi connectivity index (χ3v) is 5.00. The lowest BCUT2D eigenvalue weighted by atomic mass is 9.97. The lowest BCUT2D eigenvalue weighted by Gasteiger charge is -2.13. The third kappa shape index (κ3) is 7.02. The van der Waals surface area contributed by atoms with E-state index < -0.39 is 0 Å². The summed E-state index contributed by atoms with van der Waals surface area (Å²) in [4.78, 5) is 12.1. The van der Waals surface area contributed by atoms with Crippen LogP contribution in [0.1, 0.15) is 37.7 Å². The molecule has 0 saturated heterocycles. The van der Waals surface area contributed by atoms with Gasteiger partial charge in [-0.2, -0.15) is 0 Å². The Bertz CT molecular complexity index is 785. The van der Waals surface area contributed by atoms with E-state index in [1.165, 1.54) is 31.3 Å². The number of hydrogen-bond acceptors (Lipinski definition) is 3. The summed E-state index contributed by atoms with van der Waals surface area (Å²) in [6.07, 6.45) is 8.40. The minimum Gasteiger partial charge on any atom is -0.489 e. The number of anilines is 1. The number of carbonyl (C=O) groups excluding carboxylic acids is 1. The molecule has 0 aliphatic heterocycles. The van der Waals surface area contributed by atoms with Crippen molar-refractivity contribution in [1.82, 2.24) is 5.32 Å². The summed E-state index contributed by atoms with van der Waals surface area (Å²) in [6.45, 7) is 1.64. The summed E-state index contributed by atoms with van der Waals surface area (Å²) in [7, 11) is 0. The van der Waals surface area contributed by atoms with Crippen molar-refractivity contribution in [1.29, 1.82) is 0 Å². The summed E-state index contributed by atoms with van der Waals surface area (Å²) < 4.78 is 5.76. The fraction of sp³-hybridized carbons (Fsp3) is 0.348. The smallest absolute Gasteiger partial charge is 0.238 e. The van der Waals surface area contributed by atoms with Gasteiger partial charge < -0.3 is 15.4 Å². The molecule has 5 heteroatoms. The second-order valence-corrected chi connectivity index (χ2v) is 7.46. The van der Waals surface area contributed by atoms with Crippen LogP contribution in [-0.2, 0) is 11.4 Å². The van der Waals surface area contributed by atoms with Crippen LogP contribution in [0, 0.1) is 0 Å². The Hall–Kier alpha value is -2.30. The maximum atomic E-state index is 12.1. The highest BCUT2D eigenvalue weighted by Gasteiger charge is 2.05. The van der Waals surface area contributed by atoms with Gasteiger partial charge in [-0.05, 0) is 80.6 Å². The van der Waals surface area contributed by atoms with Crippen molar-refractivity contribution < 1.29 is 9.53 Å². The SMILES string of the molecule is O=C(CNCCC1=CCCCC1)Nc1ccc(OCc2ccc(Cl)cc2)cc1. The van der Waals surface area contributed by atoms with Crippen LogP contribution < -0.4 is 15.4 Å². The Morgan fingerprint density at radius 3 is 2.54 bits per heavy atom. The lowest BCUT2D eigenvalue weighted by molar-refractivity contribution is -0.115. The number of hydrogen-bond donors (Lipinski definition) is 2. The van der Waals surface area contributed by atoms with Crippen molar-refractivity contribution in [2.45, 2.75) is 38.7 Å². The molecule has 0 saturated carbocycles. The van der Waals surface area contributed by atoms with E-state index in [4.69, 9.17) is 16.3 Å². The number of carbonyl (C=O) groups is 1. The first-order valence-electron chi connectivity index (χ1n) is 9.85. The molecule has 4 nitrogen and oxygen atoms in total. The molecule has 1 amide bonds. The Kier molecular flexibility index (Phi) is 7.94. The standard InChI is InChI=1S/C23H27ClN2O2/c24-20-8-6-19(7-9-20)17-28-22-12-10-21(11-13-22)26-23(27)16-25-15-14-18-4-2-1-3-5-18/h4,6-13,25H,1-3,5,14-17H2,(H,26,27). The van der Waals surface area contributed by atoms with Crippen LogP contribution in [0.4, 0.5) is 5.69 Å². The van der Waals surface area contributed by atoms with Crippen molar-refractivity contribution in [2.24, 2.45) is 0 Å². The molecule has 0 bridgehead atoms. The van der Waals surface area contributed by atoms with Gasteiger partial charge in [-0.25, -0.2) is 0 Å². The van der Waals surface area contributed by atoms with Gasteiger partial charge in [0.15, 0.2) is 0 Å². The van der Waals surface area contributed by atoms with Gasteiger partial charge in [0.25, 0.3) is 0 Å². The average Bonchev–Trinajstić information content (AvgIpc) is 2.73. The highest BCUT2D eigenvalue weighted by Crippen LogP contribution is 2.20. The monoisotopic (exact) mass is 398 g/mol. The number of amides is 1. The van der Waals surface area contributed by atoms with Crippen LogP contribution in [0.2, 0.25) is 5.02 Å². The molecule has 0 radical (unpaired) electrons. The van der Waals surface area contributed by atoms with Crippen LogP contribution in [0.25, 0.3) is 0 Å². The molecule has 0 unspecified atom stereocenters. The number of benzene rings is 2. The Morgan fingerprint density at radius 1 is 1.04 bits per heavy atom. The fourth-order valence-corrected chi connectivity index (χ4v) is 3.30. The summed E-state index contributed by atoms with van der Waals surface area (Å²) in [6, 6.07) is 15.0. The normalized spacial score (nSPS) is 13.7. The molecule has 0 spiro atoms. The van der Waals surface area contributed by atoms with Crippen molar-refractivity contribution in [3.63, 3.8) is 0 Å². The zero-order chi connectivity index (χ0) is 19.6. The van der Waals surface area contributed by atoms with E-state index >= 15 is 0 Å². The molecule has 148 valence electrons. The molecule has 3 rings (SSSR count). The van der Waals surface area contributed by atoms with E-state index in [2.05, 4.69) is 16.7 Å². The van der Waals surface area contributed by atoms with Crippen LogP contribution in [-0.4, -0.2) is 19.0 Å². The molecule has 1 aliphatic carbocycles. The predicted molar refractivity (Wildman–Crippen MR) is 115 cm³/mol. The molecular weight excluding hydrogens is 372 g/mol. The van der Waals surface area contributed by atoms with Gasteiger partial charge in [0.05, 0.1) is 6.54 Å². The van der Waals surface area contributed by atoms with Gasteiger partial charge in [0, 0.05) is 10.7 Å². The summed E-state index contributed by atoms with van der Waals surface area (Å²) in [5.41, 5.74) is 3.34. The van der Waals surface area contributed by atoms with E-state index in [-0.39, 0.29) is 5.91 Å². The van der Waals surface area contributed by atoms with Crippen molar-refractivity contribution in [2.75, 3.05) is 18.4 Å². The highest BCUT2D eigenvalue weighted by molar-refractivity contribution is 6.30.